The average Bonchev–Trinajstić information content (AvgIpc) is 2.80. The smallest absolute Gasteiger partial charge is 0.162 e. The predicted molar refractivity (Wildman–Crippen MR) is 118 cm³/mol. The van der Waals surface area contributed by atoms with E-state index in [-0.39, 0.29) is 0 Å². The van der Waals surface area contributed by atoms with Crippen LogP contribution in [0.15, 0.2) is 72.0 Å². The molecular formula is C23H19BrN6. The number of pyridine rings is 1. The molecule has 3 aromatic heterocycles. The minimum Gasteiger partial charge on any atom is -0.294 e. The van der Waals surface area contributed by atoms with Gasteiger partial charge in [-0.1, -0.05) is 40.2 Å². The van der Waals surface area contributed by atoms with E-state index in [0.29, 0.717) is 5.82 Å². The van der Waals surface area contributed by atoms with Crippen molar-refractivity contribution in [1.29, 1.82) is 0 Å². The second-order valence-electron chi connectivity index (χ2n) is 7.28. The Balaban J connectivity index is 1.28. The molecule has 1 aliphatic heterocycles. The topological polar surface area (TPSA) is 67.7 Å². The van der Waals surface area contributed by atoms with Gasteiger partial charge in [0.2, 0.25) is 0 Å². The second-order valence-corrected chi connectivity index (χ2v) is 8.14. The van der Waals surface area contributed by atoms with Gasteiger partial charge in [0, 0.05) is 66.4 Å². The summed E-state index contributed by atoms with van der Waals surface area (Å²) in [5, 5.41) is 0. The second kappa shape index (κ2) is 8.38. The number of nitrogens with zero attached hydrogens (tertiary/aromatic N) is 6. The van der Waals surface area contributed by atoms with Gasteiger partial charge in [0.05, 0.1) is 17.0 Å². The third-order valence-corrected chi connectivity index (χ3v) is 5.90. The van der Waals surface area contributed by atoms with E-state index in [4.69, 9.17) is 4.98 Å². The lowest BCUT2D eigenvalue weighted by atomic mass is 10.1. The Morgan fingerprint density at radius 3 is 2.60 bits per heavy atom. The van der Waals surface area contributed by atoms with Gasteiger partial charge in [0.15, 0.2) is 5.82 Å². The summed E-state index contributed by atoms with van der Waals surface area (Å²) in [4.78, 5) is 24.5. The molecule has 7 heteroatoms. The lowest BCUT2D eigenvalue weighted by molar-refractivity contribution is 0.242. The lowest BCUT2D eigenvalue weighted by Gasteiger charge is -2.28. The Morgan fingerprint density at radius 1 is 0.933 bits per heavy atom. The molecule has 0 spiro atoms. The Kier molecular flexibility index (Phi) is 5.29. The SMILES string of the molecule is Brc1ccccc1-c1ccc(CN2CCc3nc(-c4cncnc4)ncc3C2)cn1. The molecule has 0 N–H and O–H groups in total. The van der Waals surface area contributed by atoms with Crippen molar-refractivity contribution >= 4 is 15.9 Å². The van der Waals surface area contributed by atoms with Crippen LogP contribution in [0.25, 0.3) is 22.6 Å². The van der Waals surface area contributed by atoms with Crippen LogP contribution in [0.1, 0.15) is 16.8 Å². The van der Waals surface area contributed by atoms with Crippen molar-refractivity contribution in [3.05, 3.63) is 88.8 Å². The summed E-state index contributed by atoms with van der Waals surface area (Å²) in [6.45, 7) is 2.66. The van der Waals surface area contributed by atoms with Crippen LogP contribution in [0.4, 0.5) is 0 Å². The maximum Gasteiger partial charge on any atom is 0.162 e. The summed E-state index contributed by atoms with van der Waals surface area (Å²) in [5.74, 6) is 0.690. The molecule has 5 rings (SSSR count). The van der Waals surface area contributed by atoms with Crippen molar-refractivity contribution in [3.8, 4) is 22.6 Å². The minimum absolute atomic E-state index is 0.690. The van der Waals surface area contributed by atoms with Gasteiger partial charge in [-0.05, 0) is 17.7 Å². The summed E-state index contributed by atoms with van der Waals surface area (Å²) in [5.41, 5.74) is 6.42. The summed E-state index contributed by atoms with van der Waals surface area (Å²) in [7, 11) is 0. The van der Waals surface area contributed by atoms with Crippen molar-refractivity contribution < 1.29 is 0 Å². The maximum absolute atomic E-state index is 4.74. The monoisotopic (exact) mass is 458 g/mol. The van der Waals surface area contributed by atoms with Crippen LogP contribution in [0.3, 0.4) is 0 Å². The van der Waals surface area contributed by atoms with Gasteiger partial charge < -0.3 is 0 Å². The zero-order valence-corrected chi connectivity index (χ0v) is 17.8. The Morgan fingerprint density at radius 2 is 1.80 bits per heavy atom. The first-order valence-corrected chi connectivity index (χ1v) is 10.6. The van der Waals surface area contributed by atoms with Crippen LogP contribution in [-0.4, -0.2) is 36.4 Å². The van der Waals surface area contributed by atoms with Crippen LogP contribution in [-0.2, 0) is 19.5 Å². The highest BCUT2D eigenvalue weighted by atomic mass is 79.9. The van der Waals surface area contributed by atoms with Crippen LogP contribution in [0.2, 0.25) is 0 Å². The number of aromatic nitrogens is 5. The van der Waals surface area contributed by atoms with E-state index < -0.39 is 0 Å². The lowest BCUT2D eigenvalue weighted by Crippen LogP contribution is -2.31. The number of halogens is 1. The zero-order valence-electron chi connectivity index (χ0n) is 16.2. The molecule has 4 aromatic rings. The quantitative estimate of drug-likeness (QED) is 0.453. The fourth-order valence-corrected chi connectivity index (χ4v) is 4.16. The van der Waals surface area contributed by atoms with E-state index >= 15 is 0 Å². The van der Waals surface area contributed by atoms with E-state index in [1.165, 1.54) is 17.5 Å². The predicted octanol–water partition coefficient (Wildman–Crippen LogP) is 4.32. The molecule has 0 bridgehead atoms. The molecule has 148 valence electrons. The van der Waals surface area contributed by atoms with E-state index in [0.717, 1.165) is 53.0 Å². The van der Waals surface area contributed by atoms with E-state index in [1.54, 1.807) is 12.4 Å². The molecule has 30 heavy (non-hydrogen) atoms. The number of hydrogen-bond donors (Lipinski definition) is 0. The molecule has 0 saturated heterocycles. The molecule has 0 unspecified atom stereocenters. The average molecular weight is 459 g/mol. The summed E-state index contributed by atoms with van der Waals surface area (Å²) >= 11 is 3.60. The van der Waals surface area contributed by atoms with Crippen molar-refractivity contribution in [2.45, 2.75) is 19.5 Å². The first-order chi connectivity index (χ1) is 14.8. The number of hydrogen-bond acceptors (Lipinski definition) is 6. The van der Waals surface area contributed by atoms with Crippen molar-refractivity contribution in [2.75, 3.05) is 6.54 Å². The van der Waals surface area contributed by atoms with Crippen LogP contribution in [0.5, 0.6) is 0 Å². The first-order valence-electron chi connectivity index (χ1n) is 9.78. The highest BCUT2D eigenvalue weighted by Gasteiger charge is 2.19. The Labute approximate surface area is 183 Å². The molecule has 0 aliphatic carbocycles. The number of benzene rings is 1. The normalized spacial score (nSPS) is 13.8. The fraction of sp³-hybridized carbons (Fsp3) is 0.174. The van der Waals surface area contributed by atoms with Crippen molar-refractivity contribution in [2.24, 2.45) is 0 Å². The van der Waals surface area contributed by atoms with Crippen LogP contribution in [0, 0.1) is 0 Å². The van der Waals surface area contributed by atoms with Gasteiger partial charge in [-0.3, -0.25) is 9.88 Å². The van der Waals surface area contributed by atoms with Crippen molar-refractivity contribution in [1.82, 2.24) is 29.8 Å². The van der Waals surface area contributed by atoms with E-state index in [9.17, 15) is 0 Å². The highest BCUT2D eigenvalue weighted by Crippen LogP contribution is 2.27. The van der Waals surface area contributed by atoms with Crippen molar-refractivity contribution in [3.63, 3.8) is 0 Å². The minimum atomic E-state index is 0.690. The maximum atomic E-state index is 4.74. The molecule has 1 aromatic carbocycles. The van der Waals surface area contributed by atoms with Gasteiger partial charge in [0.1, 0.15) is 6.33 Å². The third kappa shape index (κ3) is 3.99. The zero-order chi connectivity index (χ0) is 20.3. The summed E-state index contributed by atoms with van der Waals surface area (Å²) < 4.78 is 1.05. The summed E-state index contributed by atoms with van der Waals surface area (Å²) in [6.07, 6.45) is 9.81. The molecule has 6 nitrogen and oxygen atoms in total. The molecule has 0 amide bonds. The standard InChI is InChI=1S/C23H19BrN6/c24-20-4-2-1-3-19(20)22-6-5-16(9-27-22)13-30-8-7-21-18(14-30)12-28-23(29-21)17-10-25-15-26-11-17/h1-6,9-12,15H,7-8,13-14H2. The van der Waals surface area contributed by atoms with E-state index in [1.807, 2.05) is 30.6 Å². The largest absolute Gasteiger partial charge is 0.294 e. The molecule has 0 saturated carbocycles. The molecule has 0 atom stereocenters. The molecular weight excluding hydrogens is 440 g/mol. The van der Waals surface area contributed by atoms with Gasteiger partial charge in [-0.15, -0.1) is 0 Å². The molecule has 0 radical (unpaired) electrons. The third-order valence-electron chi connectivity index (χ3n) is 5.21. The highest BCUT2D eigenvalue weighted by molar-refractivity contribution is 9.10. The number of rotatable bonds is 4. The molecule has 1 aliphatic rings. The van der Waals surface area contributed by atoms with Gasteiger partial charge in [-0.25, -0.2) is 19.9 Å². The van der Waals surface area contributed by atoms with Crippen LogP contribution >= 0.6 is 15.9 Å². The first kappa shape index (κ1) is 19.0. The van der Waals surface area contributed by atoms with Gasteiger partial charge in [0.25, 0.3) is 0 Å². The fourth-order valence-electron chi connectivity index (χ4n) is 3.67. The molecule has 0 fully saturated rings. The van der Waals surface area contributed by atoms with Crippen LogP contribution < -0.4 is 0 Å². The summed E-state index contributed by atoms with van der Waals surface area (Å²) in [6, 6.07) is 12.4. The van der Waals surface area contributed by atoms with Gasteiger partial charge >= 0.3 is 0 Å². The molecule has 4 heterocycles. The van der Waals surface area contributed by atoms with Gasteiger partial charge in [-0.2, -0.15) is 0 Å². The Bertz CT molecular complexity index is 1160. The number of fused-ring (bicyclic) bond motifs is 1. The Hall–Kier alpha value is -3.03. The van der Waals surface area contributed by atoms with E-state index in [2.05, 4.69) is 59.0 Å².